The van der Waals surface area contributed by atoms with Crippen LogP contribution < -0.4 is 10.1 Å². The smallest absolute Gasteiger partial charge is 0.328 e. The van der Waals surface area contributed by atoms with Crippen molar-refractivity contribution in [2.45, 2.75) is 83.6 Å². The van der Waals surface area contributed by atoms with Gasteiger partial charge in [-0.1, -0.05) is 64.1 Å². The van der Waals surface area contributed by atoms with E-state index in [4.69, 9.17) is 14.2 Å². The summed E-state index contributed by atoms with van der Waals surface area (Å²) in [7, 11) is 9.21. The Bertz CT molecular complexity index is 1820. The maximum atomic E-state index is 14.5. The summed E-state index contributed by atoms with van der Waals surface area (Å²) in [6.45, 7) is 7.18. The molecule has 0 unspecified atom stereocenters. The fraction of sp³-hybridized carbons (Fsp3) is 0.477. The second-order valence-electron chi connectivity index (χ2n) is 15.2. The van der Waals surface area contributed by atoms with Crippen molar-refractivity contribution in [2.24, 2.45) is 11.8 Å². The number of aromatic hydroxyl groups is 2. The van der Waals surface area contributed by atoms with Crippen molar-refractivity contribution < 1.29 is 48.4 Å². The molecule has 0 heterocycles. The normalized spacial score (nSPS) is 14.3. The van der Waals surface area contributed by atoms with E-state index in [0.29, 0.717) is 29.7 Å². The molecule has 3 amide bonds. The van der Waals surface area contributed by atoms with Gasteiger partial charge in [0, 0.05) is 32.9 Å². The molecule has 14 heteroatoms. The number of esters is 2. The molecule has 58 heavy (non-hydrogen) atoms. The van der Waals surface area contributed by atoms with Crippen molar-refractivity contribution in [3.63, 3.8) is 0 Å². The van der Waals surface area contributed by atoms with Crippen molar-refractivity contribution in [1.29, 1.82) is 0 Å². The summed E-state index contributed by atoms with van der Waals surface area (Å²) in [6, 6.07) is 15.6. The van der Waals surface area contributed by atoms with Crippen LogP contribution in [0.15, 0.2) is 72.8 Å². The highest BCUT2D eigenvalue weighted by Gasteiger charge is 2.40. The van der Waals surface area contributed by atoms with E-state index in [2.05, 4.69) is 5.32 Å². The number of phenols is 2. The molecule has 0 aliphatic heterocycles. The van der Waals surface area contributed by atoms with Gasteiger partial charge in [0.05, 0.1) is 14.2 Å². The fourth-order valence-electron chi connectivity index (χ4n) is 6.43. The minimum absolute atomic E-state index is 0.00475. The molecule has 0 aromatic heterocycles. The van der Waals surface area contributed by atoms with Crippen LogP contribution >= 0.6 is 0 Å². The summed E-state index contributed by atoms with van der Waals surface area (Å²) < 4.78 is 16.3. The topological polar surface area (TPSA) is 175 Å². The zero-order valence-corrected chi connectivity index (χ0v) is 35.3. The van der Waals surface area contributed by atoms with Gasteiger partial charge in [0.25, 0.3) is 5.91 Å². The van der Waals surface area contributed by atoms with Crippen LogP contribution in [0.1, 0.15) is 50.8 Å². The van der Waals surface area contributed by atoms with Gasteiger partial charge in [0.1, 0.15) is 41.4 Å². The number of ether oxygens (including phenoxy) is 3. The second-order valence-corrected chi connectivity index (χ2v) is 15.2. The highest BCUT2D eigenvalue weighted by molar-refractivity contribution is 5.95. The minimum Gasteiger partial charge on any atom is -0.508 e. The molecule has 3 aromatic rings. The minimum atomic E-state index is -1.23. The lowest BCUT2D eigenvalue weighted by atomic mass is 9.96. The molecule has 316 valence electrons. The molecule has 6 atom stereocenters. The summed E-state index contributed by atoms with van der Waals surface area (Å²) in [5, 5.41) is 22.6. The fourth-order valence-corrected chi connectivity index (χ4v) is 6.43. The van der Waals surface area contributed by atoms with Crippen LogP contribution in [0.3, 0.4) is 0 Å². The molecule has 0 fully saturated rings. The average Bonchev–Trinajstić information content (AvgIpc) is 3.21. The van der Waals surface area contributed by atoms with E-state index in [-0.39, 0.29) is 24.3 Å². The number of carbonyl (C=O) groups is 5. The molecule has 0 aliphatic carbocycles. The molecule has 0 aliphatic rings. The van der Waals surface area contributed by atoms with Gasteiger partial charge in [-0.25, -0.2) is 4.79 Å². The van der Waals surface area contributed by atoms with Gasteiger partial charge < -0.3 is 39.5 Å². The Morgan fingerprint density at radius 1 is 0.638 bits per heavy atom. The third-order valence-corrected chi connectivity index (χ3v) is 10.5. The summed E-state index contributed by atoms with van der Waals surface area (Å²) in [5.41, 5.74) is 2.15. The molecule has 0 saturated carbocycles. The summed E-state index contributed by atoms with van der Waals surface area (Å²) >= 11 is 0. The Kier molecular flexibility index (Phi) is 17.5. The number of phenolic OH excluding ortho intramolecular Hbond substituents is 2. The van der Waals surface area contributed by atoms with Crippen LogP contribution in [0.4, 0.5) is 0 Å². The number of hydrogen-bond acceptors (Lipinski definition) is 11. The summed E-state index contributed by atoms with van der Waals surface area (Å²) in [5.74, 6) is -3.22. The van der Waals surface area contributed by atoms with E-state index in [9.17, 15) is 34.2 Å². The first-order valence-corrected chi connectivity index (χ1v) is 19.4. The number of amides is 3. The maximum Gasteiger partial charge on any atom is 0.328 e. The van der Waals surface area contributed by atoms with E-state index >= 15 is 0 Å². The van der Waals surface area contributed by atoms with E-state index in [1.54, 1.807) is 83.3 Å². The molecule has 3 N–H and O–H groups in total. The van der Waals surface area contributed by atoms with Crippen molar-refractivity contribution in [3.05, 3.63) is 89.5 Å². The molecule has 0 radical (unpaired) electrons. The third kappa shape index (κ3) is 12.7. The number of rotatable bonds is 20. The first kappa shape index (κ1) is 46.8. The van der Waals surface area contributed by atoms with Gasteiger partial charge >= 0.3 is 11.9 Å². The van der Waals surface area contributed by atoms with Crippen molar-refractivity contribution in [3.8, 4) is 17.2 Å². The van der Waals surface area contributed by atoms with E-state index in [0.717, 1.165) is 5.56 Å². The molecule has 0 saturated heterocycles. The highest BCUT2D eigenvalue weighted by Crippen LogP contribution is 2.22. The second kappa shape index (κ2) is 21.8. The lowest BCUT2D eigenvalue weighted by Crippen LogP contribution is -2.59. The first-order valence-electron chi connectivity index (χ1n) is 19.4. The first-order chi connectivity index (χ1) is 27.4. The van der Waals surface area contributed by atoms with Crippen LogP contribution in [0.2, 0.25) is 0 Å². The van der Waals surface area contributed by atoms with Crippen LogP contribution in [0.25, 0.3) is 0 Å². The van der Waals surface area contributed by atoms with E-state index < -0.39 is 71.8 Å². The van der Waals surface area contributed by atoms with E-state index in [1.807, 2.05) is 19.1 Å². The number of hydrogen-bond donors (Lipinski definition) is 3. The Morgan fingerprint density at radius 2 is 1.09 bits per heavy atom. The van der Waals surface area contributed by atoms with Crippen molar-refractivity contribution in [2.75, 3.05) is 42.4 Å². The predicted octanol–water partition coefficient (Wildman–Crippen LogP) is 3.99. The predicted molar refractivity (Wildman–Crippen MR) is 219 cm³/mol. The zero-order valence-electron chi connectivity index (χ0n) is 35.3. The summed E-state index contributed by atoms with van der Waals surface area (Å²) in [4.78, 5) is 74.2. The number of benzene rings is 3. The molecule has 3 rings (SSSR count). The van der Waals surface area contributed by atoms with Crippen LogP contribution in [0, 0.1) is 11.8 Å². The molecule has 0 bridgehead atoms. The lowest BCUT2D eigenvalue weighted by Gasteiger charge is -2.36. The highest BCUT2D eigenvalue weighted by atomic mass is 16.6. The average molecular weight is 805 g/mol. The van der Waals surface area contributed by atoms with Crippen molar-refractivity contribution >= 4 is 29.7 Å². The van der Waals surface area contributed by atoms with Crippen LogP contribution in [-0.2, 0) is 52.7 Å². The third-order valence-electron chi connectivity index (χ3n) is 10.5. The van der Waals surface area contributed by atoms with E-state index in [1.165, 1.54) is 55.3 Å². The van der Waals surface area contributed by atoms with Gasteiger partial charge in [0.15, 0.2) is 6.10 Å². The number of methoxy groups -OCH3 is 2. The number of nitrogens with zero attached hydrogens (tertiary/aromatic N) is 3. The molecular formula is C44H60N4O10. The van der Waals surface area contributed by atoms with Gasteiger partial charge in [-0.15, -0.1) is 0 Å². The maximum absolute atomic E-state index is 14.5. The number of carbonyl (C=O) groups excluding carboxylic acids is 5. The van der Waals surface area contributed by atoms with Crippen LogP contribution in [-0.4, -0.2) is 127 Å². The number of likely N-dealkylation sites (N-methyl/N-ethyl adjacent to an activating group) is 3. The van der Waals surface area contributed by atoms with Crippen molar-refractivity contribution in [1.82, 2.24) is 20.0 Å². The molecule has 0 spiro atoms. The number of nitrogens with one attached hydrogen (secondary N) is 1. The Balaban J connectivity index is 1.92. The standard InChI is InChI=1S/C44H60N4O10/c1-11-28(4)39(58-44(55)36(46(5)6)25-31-16-22-34(56-9)23-17-31)40(51)45-38(27(2)3)42(53)47(7)35(24-29-12-18-32(49)19-13-29)41(52)48(8)37(43(54)57-10)26-30-14-20-33(50)21-15-30/h12-23,27-28,35-39,49-50H,11,24-26H2,1-10H3,(H,45,51)/t28-,35-,36+,37+,38+,39+/m0/s1. The summed E-state index contributed by atoms with van der Waals surface area (Å²) in [6.07, 6.45) is -0.341. The zero-order chi connectivity index (χ0) is 43.3. The van der Waals surface area contributed by atoms with Crippen LogP contribution in [0.5, 0.6) is 17.2 Å². The SMILES string of the molecule is CC[C@H](C)[C@@H](OC(=O)[C@@H](Cc1ccc(OC)cc1)N(C)C)C(=O)N[C@@H](C(=O)N(C)[C@@H](Cc1ccc(O)cc1)C(=O)N(C)[C@H](Cc1ccc(O)cc1)C(=O)OC)C(C)C. The largest absolute Gasteiger partial charge is 0.508 e. The monoisotopic (exact) mass is 804 g/mol. The van der Waals surface area contributed by atoms with Gasteiger partial charge in [-0.2, -0.15) is 0 Å². The van der Waals surface area contributed by atoms with Gasteiger partial charge in [-0.05, 0) is 85.9 Å². The Hall–Kier alpha value is -5.63. The lowest BCUT2D eigenvalue weighted by molar-refractivity contribution is -0.164. The quantitative estimate of drug-likeness (QED) is 0.141. The Morgan fingerprint density at radius 3 is 1.52 bits per heavy atom. The van der Waals surface area contributed by atoms with Gasteiger partial charge in [-0.3, -0.25) is 24.1 Å². The molecule has 14 nitrogen and oxygen atoms in total. The molecule has 3 aromatic carbocycles. The van der Waals surface area contributed by atoms with Gasteiger partial charge in [0.2, 0.25) is 11.8 Å². The molecular weight excluding hydrogens is 745 g/mol. The Labute approximate surface area is 342 Å².